The van der Waals surface area contributed by atoms with Gasteiger partial charge in [0.1, 0.15) is 5.78 Å². The van der Waals surface area contributed by atoms with Gasteiger partial charge < -0.3 is 10.2 Å². The lowest BCUT2D eigenvalue weighted by molar-refractivity contribution is -0.166. The molecular formula is C23H40O3. The molecule has 0 aromatic rings. The quantitative estimate of drug-likeness (QED) is 0.565. The van der Waals surface area contributed by atoms with E-state index in [0.717, 1.165) is 51.4 Å². The molecule has 150 valence electrons. The van der Waals surface area contributed by atoms with Crippen molar-refractivity contribution in [2.75, 3.05) is 0 Å². The molecule has 3 saturated carbocycles. The standard InChI is InChI=1S/C23H40O3/c1-2-3-4-8-14-23-15-13-21(25)18(19(23)16-22(23)26)11-12-20(24)17-9-6-5-7-10-17/h17-21,24-25H,2-16H2,1H3/t18-,19-,20+,21-,23+/m0/s1. The van der Waals surface area contributed by atoms with Crippen LogP contribution in [-0.2, 0) is 4.79 Å². The van der Waals surface area contributed by atoms with Crippen molar-refractivity contribution in [2.45, 2.75) is 115 Å². The average Bonchev–Trinajstić information content (AvgIpc) is 2.66. The van der Waals surface area contributed by atoms with Crippen molar-refractivity contribution in [3.63, 3.8) is 0 Å². The Balaban J connectivity index is 1.55. The lowest BCUT2D eigenvalue weighted by Gasteiger charge is -2.56. The Bertz CT molecular complexity index is 456. The van der Waals surface area contributed by atoms with Crippen LogP contribution in [0.2, 0.25) is 0 Å². The van der Waals surface area contributed by atoms with E-state index in [9.17, 15) is 15.0 Å². The molecular weight excluding hydrogens is 324 g/mol. The van der Waals surface area contributed by atoms with Crippen molar-refractivity contribution in [2.24, 2.45) is 23.2 Å². The van der Waals surface area contributed by atoms with Crippen LogP contribution >= 0.6 is 0 Å². The van der Waals surface area contributed by atoms with Gasteiger partial charge in [-0.1, -0.05) is 51.9 Å². The maximum Gasteiger partial charge on any atom is 0.139 e. The van der Waals surface area contributed by atoms with Crippen LogP contribution < -0.4 is 0 Å². The summed E-state index contributed by atoms with van der Waals surface area (Å²) in [6.45, 7) is 2.22. The lowest BCUT2D eigenvalue weighted by Crippen LogP contribution is -2.58. The summed E-state index contributed by atoms with van der Waals surface area (Å²) < 4.78 is 0. The fourth-order valence-electron chi connectivity index (χ4n) is 6.28. The minimum Gasteiger partial charge on any atom is -0.393 e. The molecule has 3 nitrogen and oxygen atoms in total. The fourth-order valence-corrected chi connectivity index (χ4v) is 6.28. The summed E-state index contributed by atoms with van der Waals surface area (Å²) in [4.78, 5) is 12.6. The van der Waals surface area contributed by atoms with E-state index in [-0.39, 0.29) is 23.5 Å². The molecule has 3 rings (SSSR count). The normalized spacial score (nSPS) is 36.4. The maximum absolute atomic E-state index is 12.6. The van der Waals surface area contributed by atoms with Crippen LogP contribution in [-0.4, -0.2) is 28.2 Å². The van der Waals surface area contributed by atoms with E-state index in [1.807, 2.05) is 0 Å². The van der Waals surface area contributed by atoms with E-state index in [1.165, 1.54) is 38.5 Å². The molecule has 0 heterocycles. The third-order valence-electron chi connectivity index (χ3n) is 8.03. The molecule has 5 atom stereocenters. The highest BCUT2D eigenvalue weighted by atomic mass is 16.3. The van der Waals surface area contributed by atoms with Crippen LogP contribution in [0.15, 0.2) is 0 Å². The van der Waals surface area contributed by atoms with E-state index in [1.54, 1.807) is 0 Å². The van der Waals surface area contributed by atoms with Crippen molar-refractivity contribution >= 4 is 5.78 Å². The zero-order chi connectivity index (χ0) is 18.6. The highest BCUT2D eigenvalue weighted by Crippen LogP contribution is 2.59. The number of Topliss-reactive ketones (excluding diaryl/α,β-unsaturated/α-hetero) is 1. The van der Waals surface area contributed by atoms with Gasteiger partial charge in [-0.2, -0.15) is 0 Å². The number of carbonyl (C=O) groups excluding carboxylic acids is 1. The highest BCUT2D eigenvalue weighted by molar-refractivity contribution is 5.91. The summed E-state index contributed by atoms with van der Waals surface area (Å²) in [5.74, 6) is 1.53. The van der Waals surface area contributed by atoms with E-state index in [4.69, 9.17) is 0 Å². The molecule has 3 aliphatic carbocycles. The second-order valence-corrected chi connectivity index (χ2v) is 9.51. The second-order valence-electron chi connectivity index (χ2n) is 9.51. The van der Waals surface area contributed by atoms with Gasteiger partial charge in [0.05, 0.1) is 12.2 Å². The molecule has 0 unspecified atom stereocenters. The van der Waals surface area contributed by atoms with Crippen molar-refractivity contribution in [3.8, 4) is 0 Å². The van der Waals surface area contributed by atoms with Crippen LogP contribution in [0.4, 0.5) is 0 Å². The Hall–Kier alpha value is -0.410. The number of ketones is 1. The third kappa shape index (κ3) is 4.19. The van der Waals surface area contributed by atoms with Gasteiger partial charge in [0.25, 0.3) is 0 Å². The first-order chi connectivity index (χ1) is 12.6. The predicted octanol–water partition coefficient (Wildman–Crippen LogP) is 5.02. The summed E-state index contributed by atoms with van der Waals surface area (Å²) in [6, 6.07) is 0. The molecule has 0 spiro atoms. The Morgan fingerprint density at radius 2 is 1.88 bits per heavy atom. The fraction of sp³-hybridized carbons (Fsp3) is 0.957. The molecule has 0 bridgehead atoms. The van der Waals surface area contributed by atoms with E-state index < -0.39 is 0 Å². The van der Waals surface area contributed by atoms with Gasteiger partial charge in [-0.05, 0) is 62.7 Å². The number of aliphatic hydroxyl groups excluding tert-OH is 2. The molecule has 0 saturated heterocycles. The maximum atomic E-state index is 12.6. The van der Waals surface area contributed by atoms with Crippen LogP contribution in [0.1, 0.15) is 103 Å². The van der Waals surface area contributed by atoms with Crippen LogP contribution in [0.25, 0.3) is 0 Å². The Morgan fingerprint density at radius 1 is 1.12 bits per heavy atom. The zero-order valence-electron chi connectivity index (χ0n) is 16.8. The Kier molecular flexibility index (Phi) is 7.18. The number of rotatable bonds is 9. The highest BCUT2D eigenvalue weighted by Gasteiger charge is 2.59. The molecule has 3 aliphatic rings. The molecule has 0 aromatic heterocycles. The van der Waals surface area contributed by atoms with Crippen LogP contribution in [0, 0.1) is 23.2 Å². The largest absolute Gasteiger partial charge is 0.393 e. The molecule has 0 aliphatic heterocycles. The summed E-state index contributed by atoms with van der Waals surface area (Å²) in [7, 11) is 0. The average molecular weight is 365 g/mol. The summed E-state index contributed by atoms with van der Waals surface area (Å²) in [5.41, 5.74) is -0.118. The number of fused-ring (bicyclic) bond motifs is 1. The van der Waals surface area contributed by atoms with Crippen LogP contribution in [0.5, 0.6) is 0 Å². The molecule has 3 fully saturated rings. The van der Waals surface area contributed by atoms with Gasteiger partial charge in [0.15, 0.2) is 0 Å². The van der Waals surface area contributed by atoms with Gasteiger partial charge in [-0.15, -0.1) is 0 Å². The first-order valence-electron chi connectivity index (χ1n) is 11.5. The zero-order valence-corrected chi connectivity index (χ0v) is 16.8. The van der Waals surface area contributed by atoms with Crippen molar-refractivity contribution in [1.29, 1.82) is 0 Å². The van der Waals surface area contributed by atoms with Crippen molar-refractivity contribution < 1.29 is 15.0 Å². The number of unbranched alkanes of at least 4 members (excludes halogenated alkanes) is 3. The summed E-state index contributed by atoms with van der Waals surface area (Å²) in [6.07, 6.45) is 15.6. The number of hydrogen-bond donors (Lipinski definition) is 2. The molecule has 2 N–H and O–H groups in total. The molecule has 3 heteroatoms. The monoisotopic (exact) mass is 364 g/mol. The van der Waals surface area contributed by atoms with Gasteiger partial charge >= 0.3 is 0 Å². The Labute approximate surface area is 160 Å². The first kappa shape index (κ1) is 20.3. The molecule has 26 heavy (non-hydrogen) atoms. The summed E-state index contributed by atoms with van der Waals surface area (Å²) in [5, 5.41) is 21.3. The first-order valence-corrected chi connectivity index (χ1v) is 11.5. The van der Waals surface area contributed by atoms with Gasteiger partial charge in [-0.3, -0.25) is 4.79 Å². The minimum atomic E-state index is -0.268. The SMILES string of the molecule is CCCCCC[C@@]12CC[C@H](O)[C@@H](CC[C@@H](O)C3CCCCC3)[C@@H]1CC2=O. The van der Waals surface area contributed by atoms with E-state index in [0.29, 0.717) is 24.0 Å². The molecule has 0 amide bonds. The number of hydrogen-bond acceptors (Lipinski definition) is 3. The second kappa shape index (κ2) is 9.19. The van der Waals surface area contributed by atoms with Gasteiger partial charge in [0.2, 0.25) is 0 Å². The number of aliphatic hydroxyl groups is 2. The Morgan fingerprint density at radius 3 is 2.58 bits per heavy atom. The third-order valence-corrected chi connectivity index (χ3v) is 8.03. The molecule has 0 radical (unpaired) electrons. The van der Waals surface area contributed by atoms with E-state index in [2.05, 4.69) is 6.92 Å². The van der Waals surface area contributed by atoms with Crippen molar-refractivity contribution in [1.82, 2.24) is 0 Å². The van der Waals surface area contributed by atoms with E-state index >= 15 is 0 Å². The number of carbonyl (C=O) groups is 1. The topological polar surface area (TPSA) is 57.5 Å². The minimum absolute atomic E-state index is 0.118. The van der Waals surface area contributed by atoms with Crippen LogP contribution in [0.3, 0.4) is 0 Å². The lowest BCUT2D eigenvalue weighted by atomic mass is 9.47. The summed E-state index contributed by atoms with van der Waals surface area (Å²) >= 11 is 0. The van der Waals surface area contributed by atoms with Crippen molar-refractivity contribution in [3.05, 3.63) is 0 Å². The van der Waals surface area contributed by atoms with Gasteiger partial charge in [-0.25, -0.2) is 0 Å². The smallest absolute Gasteiger partial charge is 0.139 e. The molecule has 0 aromatic carbocycles. The van der Waals surface area contributed by atoms with Gasteiger partial charge in [0, 0.05) is 11.8 Å². The predicted molar refractivity (Wildman–Crippen MR) is 105 cm³/mol.